The minimum atomic E-state index is -0.112. The maximum absolute atomic E-state index is 12.7. The van der Waals surface area contributed by atoms with E-state index in [4.69, 9.17) is 14.2 Å². The van der Waals surface area contributed by atoms with Crippen molar-refractivity contribution < 1.29 is 19.0 Å². The van der Waals surface area contributed by atoms with Gasteiger partial charge in [0.25, 0.3) is 5.91 Å². The first-order chi connectivity index (χ1) is 15.2. The second-order valence-corrected chi connectivity index (χ2v) is 7.63. The van der Waals surface area contributed by atoms with Crippen molar-refractivity contribution in [3.05, 3.63) is 53.6 Å². The van der Waals surface area contributed by atoms with E-state index in [0.29, 0.717) is 36.8 Å². The Balaban J connectivity index is 1.96. The maximum Gasteiger partial charge on any atom is 0.251 e. The van der Waals surface area contributed by atoms with E-state index < -0.39 is 0 Å². The zero-order chi connectivity index (χ0) is 22.3. The Hall–Kier alpha value is -2.69. The third-order valence-corrected chi connectivity index (χ3v) is 5.05. The number of methoxy groups -OCH3 is 1. The van der Waals surface area contributed by atoms with Crippen LogP contribution in [0.25, 0.3) is 0 Å². The van der Waals surface area contributed by atoms with E-state index in [2.05, 4.69) is 19.2 Å². The van der Waals surface area contributed by atoms with Gasteiger partial charge < -0.3 is 19.5 Å². The maximum atomic E-state index is 12.7. The largest absolute Gasteiger partial charge is 0.497 e. The standard InChI is InChI=1S/C26H37NO4/c1-4-6-8-17-30-24-14-13-22(20-25(24)31-18-9-7-5-2)26(28)27-16-15-21-11-10-12-23(19-21)29-3/h10-14,19-20H,4-9,15-18H2,1-3H3,(H,27,28). The Kier molecular flexibility index (Phi) is 11.4. The van der Waals surface area contributed by atoms with E-state index >= 15 is 0 Å². The van der Waals surface area contributed by atoms with E-state index in [-0.39, 0.29) is 5.91 Å². The molecule has 0 saturated heterocycles. The van der Waals surface area contributed by atoms with Gasteiger partial charge in [-0.3, -0.25) is 4.79 Å². The molecule has 0 bridgehead atoms. The minimum absolute atomic E-state index is 0.112. The zero-order valence-electron chi connectivity index (χ0n) is 19.2. The number of unbranched alkanes of at least 4 members (excludes halogenated alkanes) is 4. The number of ether oxygens (including phenoxy) is 3. The molecule has 0 aromatic heterocycles. The summed E-state index contributed by atoms with van der Waals surface area (Å²) >= 11 is 0. The van der Waals surface area contributed by atoms with Gasteiger partial charge in [0.15, 0.2) is 11.5 Å². The molecule has 5 nitrogen and oxygen atoms in total. The highest BCUT2D eigenvalue weighted by atomic mass is 16.5. The number of hydrogen-bond donors (Lipinski definition) is 1. The fourth-order valence-corrected chi connectivity index (χ4v) is 3.20. The highest BCUT2D eigenvalue weighted by Gasteiger charge is 2.12. The molecule has 0 heterocycles. The normalized spacial score (nSPS) is 10.5. The Morgan fingerprint density at radius 1 is 0.871 bits per heavy atom. The smallest absolute Gasteiger partial charge is 0.251 e. The number of hydrogen-bond acceptors (Lipinski definition) is 4. The molecule has 0 atom stereocenters. The summed E-state index contributed by atoms with van der Waals surface area (Å²) in [6, 6.07) is 13.3. The first-order valence-corrected chi connectivity index (χ1v) is 11.5. The van der Waals surface area contributed by atoms with Gasteiger partial charge in [0.05, 0.1) is 20.3 Å². The summed E-state index contributed by atoms with van der Waals surface area (Å²) in [6.07, 6.45) is 7.29. The van der Waals surface area contributed by atoms with Crippen molar-refractivity contribution in [1.82, 2.24) is 5.32 Å². The Morgan fingerprint density at radius 3 is 2.26 bits per heavy atom. The predicted molar refractivity (Wildman–Crippen MR) is 126 cm³/mol. The van der Waals surface area contributed by atoms with E-state index in [0.717, 1.165) is 56.3 Å². The number of amides is 1. The number of benzene rings is 2. The summed E-state index contributed by atoms with van der Waals surface area (Å²) in [5.41, 5.74) is 1.70. The lowest BCUT2D eigenvalue weighted by atomic mass is 10.1. The van der Waals surface area contributed by atoms with Crippen LogP contribution < -0.4 is 19.5 Å². The van der Waals surface area contributed by atoms with Crippen molar-refractivity contribution in [2.75, 3.05) is 26.9 Å². The van der Waals surface area contributed by atoms with Gasteiger partial charge in [0.2, 0.25) is 0 Å². The quantitative estimate of drug-likeness (QED) is 0.365. The Bertz CT molecular complexity index is 791. The fourth-order valence-electron chi connectivity index (χ4n) is 3.20. The molecule has 2 aromatic carbocycles. The van der Waals surface area contributed by atoms with E-state index in [1.165, 1.54) is 0 Å². The number of carbonyl (C=O) groups excluding carboxylic acids is 1. The number of carbonyl (C=O) groups is 1. The third kappa shape index (κ3) is 8.91. The summed E-state index contributed by atoms with van der Waals surface area (Å²) < 4.78 is 17.1. The minimum Gasteiger partial charge on any atom is -0.497 e. The fraction of sp³-hybridized carbons (Fsp3) is 0.500. The van der Waals surface area contributed by atoms with Crippen LogP contribution in [-0.4, -0.2) is 32.8 Å². The molecule has 0 aliphatic carbocycles. The molecule has 0 unspecified atom stereocenters. The molecule has 0 saturated carbocycles. The molecule has 0 aliphatic heterocycles. The van der Waals surface area contributed by atoms with E-state index in [9.17, 15) is 4.79 Å². The molecule has 0 spiro atoms. The van der Waals surface area contributed by atoms with Gasteiger partial charge in [-0.1, -0.05) is 51.7 Å². The summed E-state index contributed by atoms with van der Waals surface area (Å²) in [4.78, 5) is 12.7. The summed E-state index contributed by atoms with van der Waals surface area (Å²) in [7, 11) is 1.65. The van der Waals surface area contributed by atoms with Gasteiger partial charge in [-0.15, -0.1) is 0 Å². The molecule has 31 heavy (non-hydrogen) atoms. The molecule has 1 N–H and O–H groups in total. The average molecular weight is 428 g/mol. The van der Waals surface area contributed by atoms with Crippen LogP contribution in [0.2, 0.25) is 0 Å². The first-order valence-electron chi connectivity index (χ1n) is 11.5. The SMILES string of the molecule is CCCCCOc1ccc(C(=O)NCCc2cccc(OC)c2)cc1OCCCCC. The lowest BCUT2D eigenvalue weighted by Gasteiger charge is -2.14. The van der Waals surface area contributed by atoms with Gasteiger partial charge in [0.1, 0.15) is 5.75 Å². The van der Waals surface area contributed by atoms with Crippen LogP contribution in [-0.2, 0) is 6.42 Å². The zero-order valence-corrected chi connectivity index (χ0v) is 19.2. The molecule has 2 rings (SSSR count). The van der Waals surface area contributed by atoms with Crippen LogP contribution in [0.15, 0.2) is 42.5 Å². The monoisotopic (exact) mass is 427 g/mol. The summed E-state index contributed by atoms with van der Waals surface area (Å²) in [5.74, 6) is 2.07. The molecule has 0 radical (unpaired) electrons. The second-order valence-electron chi connectivity index (χ2n) is 7.63. The highest BCUT2D eigenvalue weighted by molar-refractivity contribution is 5.94. The van der Waals surface area contributed by atoms with Crippen molar-refractivity contribution in [2.45, 2.75) is 58.8 Å². The van der Waals surface area contributed by atoms with Crippen molar-refractivity contribution in [1.29, 1.82) is 0 Å². The van der Waals surface area contributed by atoms with Crippen LogP contribution in [0, 0.1) is 0 Å². The van der Waals surface area contributed by atoms with Crippen LogP contribution in [0.4, 0.5) is 0 Å². The van der Waals surface area contributed by atoms with Crippen LogP contribution >= 0.6 is 0 Å². The van der Waals surface area contributed by atoms with Gasteiger partial charge in [-0.2, -0.15) is 0 Å². The second kappa shape index (κ2) is 14.3. The van der Waals surface area contributed by atoms with Crippen LogP contribution in [0.5, 0.6) is 17.2 Å². The summed E-state index contributed by atoms with van der Waals surface area (Å²) in [5, 5.41) is 2.99. The first kappa shape index (κ1) is 24.6. The van der Waals surface area contributed by atoms with Crippen molar-refractivity contribution >= 4 is 5.91 Å². The molecular weight excluding hydrogens is 390 g/mol. The Morgan fingerprint density at radius 2 is 1.58 bits per heavy atom. The molecule has 5 heteroatoms. The van der Waals surface area contributed by atoms with Gasteiger partial charge in [0, 0.05) is 12.1 Å². The van der Waals surface area contributed by atoms with E-state index in [1.54, 1.807) is 19.2 Å². The van der Waals surface area contributed by atoms with Crippen LogP contribution in [0.3, 0.4) is 0 Å². The summed E-state index contributed by atoms with van der Waals surface area (Å²) in [6.45, 7) is 6.17. The predicted octanol–water partition coefficient (Wildman–Crippen LogP) is 5.81. The number of nitrogens with one attached hydrogen (secondary N) is 1. The molecular formula is C26H37NO4. The van der Waals surface area contributed by atoms with Crippen molar-refractivity contribution in [3.8, 4) is 17.2 Å². The average Bonchev–Trinajstić information content (AvgIpc) is 2.80. The topological polar surface area (TPSA) is 56.8 Å². The van der Waals surface area contributed by atoms with Crippen LogP contribution in [0.1, 0.15) is 68.3 Å². The molecule has 0 aliphatic rings. The van der Waals surface area contributed by atoms with Crippen molar-refractivity contribution in [2.24, 2.45) is 0 Å². The molecule has 170 valence electrons. The molecule has 2 aromatic rings. The van der Waals surface area contributed by atoms with Gasteiger partial charge >= 0.3 is 0 Å². The van der Waals surface area contributed by atoms with Crippen molar-refractivity contribution in [3.63, 3.8) is 0 Å². The molecule has 1 amide bonds. The van der Waals surface area contributed by atoms with Gasteiger partial charge in [-0.05, 0) is 55.2 Å². The lowest BCUT2D eigenvalue weighted by molar-refractivity contribution is 0.0953. The van der Waals surface area contributed by atoms with Gasteiger partial charge in [-0.25, -0.2) is 0 Å². The number of rotatable bonds is 15. The lowest BCUT2D eigenvalue weighted by Crippen LogP contribution is -2.25. The van der Waals surface area contributed by atoms with E-state index in [1.807, 2.05) is 30.3 Å². The molecule has 0 fully saturated rings. The highest BCUT2D eigenvalue weighted by Crippen LogP contribution is 2.29. The third-order valence-electron chi connectivity index (χ3n) is 5.05. The Labute approximate surface area is 187 Å².